The van der Waals surface area contributed by atoms with Gasteiger partial charge in [0.05, 0.1) is 34.2 Å². The van der Waals surface area contributed by atoms with Gasteiger partial charge in [-0.25, -0.2) is 15.0 Å². The van der Waals surface area contributed by atoms with Gasteiger partial charge in [0.15, 0.2) is 0 Å². The number of aromatic nitrogens is 1. The fourth-order valence-electron chi connectivity index (χ4n) is 5.35. The lowest BCUT2D eigenvalue weighted by Gasteiger charge is -2.14. The Morgan fingerprint density at radius 3 is 1.15 bits per heavy atom. The molecular formula is C37H35N3. The van der Waals surface area contributed by atoms with Crippen molar-refractivity contribution in [3.05, 3.63) is 159 Å². The Labute approximate surface area is 238 Å². The molecule has 0 bridgehead atoms. The highest BCUT2D eigenvalue weighted by Gasteiger charge is 2.16. The molecule has 40 heavy (non-hydrogen) atoms. The van der Waals surface area contributed by atoms with Crippen molar-refractivity contribution in [1.82, 2.24) is 4.98 Å². The maximum Gasteiger partial charge on any atom is 0.0966 e. The maximum absolute atomic E-state index is 5.25. The molecule has 0 N–H and O–H groups in total. The Morgan fingerprint density at radius 1 is 0.450 bits per heavy atom. The standard InChI is InChI=1S/C37H35N3/c1-24-20-26(3)34(27(4)21-24)39-36(30-14-9-7-10-15-30)32-18-13-19-33(38-32)37(31-16-11-8-12-17-31)40-35-28(5)22-25(2)23-29(35)6/h7-23H,1-6H3. The summed E-state index contributed by atoms with van der Waals surface area (Å²) in [4.78, 5) is 15.7. The molecule has 1 heterocycles. The van der Waals surface area contributed by atoms with Crippen LogP contribution in [0.25, 0.3) is 0 Å². The van der Waals surface area contributed by atoms with E-state index < -0.39 is 0 Å². The van der Waals surface area contributed by atoms with E-state index in [2.05, 4.69) is 96.1 Å². The van der Waals surface area contributed by atoms with Crippen LogP contribution in [0.3, 0.4) is 0 Å². The zero-order valence-corrected chi connectivity index (χ0v) is 24.2. The molecule has 0 amide bonds. The Morgan fingerprint density at radius 2 is 0.800 bits per heavy atom. The SMILES string of the molecule is Cc1cc(C)c(N=C(c2ccccc2)c2cccc(C(=Nc3c(C)cc(C)cc3C)c3ccccc3)n2)c(C)c1. The van der Waals surface area contributed by atoms with Gasteiger partial charge in [0.1, 0.15) is 0 Å². The summed E-state index contributed by atoms with van der Waals surface area (Å²) >= 11 is 0. The number of pyridine rings is 1. The van der Waals surface area contributed by atoms with Crippen molar-refractivity contribution in [1.29, 1.82) is 0 Å². The average molecular weight is 522 g/mol. The molecule has 5 rings (SSSR count). The first-order valence-electron chi connectivity index (χ1n) is 13.7. The highest BCUT2D eigenvalue weighted by Crippen LogP contribution is 2.29. The van der Waals surface area contributed by atoms with Gasteiger partial charge >= 0.3 is 0 Å². The minimum Gasteiger partial charge on any atom is -0.246 e. The van der Waals surface area contributed by atoms with Gasteiger partial charge in [0, 0.05) is 11.1 Å². The molecule has 0 aliphatic heterocycles. The second-order valence-electron chi connectivity index (χ2n) is 10.6. The van der Waals surface area contributed by atoms with Crippen LogP contribution in [0.15, 0.2) is 113 Å². The fraction of sp³-hybridized carbons (Fsp3) is 0.162. The summed E-state index contributed by atoms with van der Waals surface area (Å²) in [5.41, 5.74) is 14.4. The van der Waals surface area contributed by atoms with Crippen molar-refractivity contribution in [2.45, 2.75) is 41.5 Å². The minimum absolute atomic E-state index is 0.809. The van der Waals surface area contributed by atoms with E-state index in [1.807, 2.05) is 48.5 Å². The number of aliphatic imine (C=N–C) groups is 2. The van der Waals surface area contributed by atoms with Crippen LogP contribution in [-0.4, -0.2) is 16.4 Å². The second-order valence-corrected chi connectivity index (χ2v) is 10.6. The van der Waals surface area contributed by atoms with Crippen LogP contribution in [0.2, 0.25) is 0 Å². The molecule has 0 fully saturated rings. The van der Waals surface area contributed by atoms with Gasteiger partial charge < -0.3 is 0 Å². The number of hydrogen-bond donors (Lipinski definition) is 0. The van der Waals surface area contributed by atoms with E-state index >= 15 is 0 Å². The zero-order valence-electron chi connectivity index (χ0n) is 24.2. The van der Waals surface area contributed by atoms with Crippen LogP contribution >= 0.6 is 0 Å². The normalized spacial score (nSPS) is 12.1. The molecule has 0 aliphatic rings. The monoisotopic (exact) mass is 521 g/mol. The van der Waals surface area contributed by atoms with Gasteiger partial charge in [-0.2, -0.15) is 0 Å². The molecule has 0 atom stereocenters. The molecule has 198 valence electrons. The van der Waals surface area contributed by atoms with E-state index in [1.54, 1.807) is 0 Å². The van der Waals surface area contributed by atoms with Gasteiger partial charge in [0.2, 0.25) is 0 Å². The first-order chi connectivity index (χ1) is 19.3. The summed E-state index contributed by atoms with van der Waals surface area (Å²) in [6.07, 6.45) is 0. The van der Waals surface area contributed by atoms with E-state index in [1.165, 1.54) is 11.1 Å². The Hall–Kier alpha value is -4.63. The van der Waals surface area contributed by atoms with Crippen LogP contribution in [0.4, 0.5) is 11.4 Å². The number of aryl methyl sites for hydroxylation is 6. The van der Waals surface area contributed by atoms with E-state index in [4.69, 9.17) is 15.0 Å². The molecule has 3 nitrogen and oxygen atoms in total. The first kappa shape index (κ1) is 27.0. The lowest BCUT2D eigenvalue weighted by atomic mass is 10.0. The van der Waals surface area contributed by atoms with Gasteiger partial charge in [-0.05, 0) is 75.9 Å². The van der Waals surface area contributed by atoms with E-state index in [0.717, 1.165) is 67.6 Å². The maximum atomic E-state index is 5.25. The van der Waals surface area contributed by atoms with Crippen molar-refractivity contribution < 1.29 is 0 Å². The minimum atomic E-state index is 0.809. The number of rotatable bonds is 6. The zero-order chi connectivity index (χ0) is 28.2. The predicted octanol–water partition coefficient (Wildman–Crippen LogP) is 9.27. The van der Waals surface area contributed by atoms with E-state index in [0.29, 0.717) is 0 Å². The summed E-state index contributed by atoms with van der Waals surface area (Å²) in [5.74, 6) is 0. The topological polar surface area (TPSA) is 37.6 Å². The summed E-state index contributed by atoms with van der Waals surface area (Å²) in [6, 6.07) is 35.5. The number of hydrogen-bond acceptors (Lipinski definition) is 3. The van der Waals surface area contributed by atoms with Gasteiger partial charge in [-0.15, -0.1) is 0 Å². The third-order valence-electron chi connectivity index (χ3n) is 7.05. The second kappa shape index (κ2) is 11.6. The molecule has 0 saturated heterocycles. The number of nitrogens with zero attached hydrogens (tertiary/aromatic N) is 3. The molecule has 0 unspecified atom stereocenters. The number of benzene rings is 4. The molecule has 5 aromatic rings. The largest absolute Gasteiger partial charge is 0.246 e. The van der Waals surface area contributed by atoms with Crippen LogP contribution < -0.4 is 0 Å². The third kappa shape index (κ3) is 5.84. The summed E-state index contributed by atoms with van der Waals surface area (Å²) in [5, 5.41) is 0. The van der Waals surface area contributed by atoms with E-state index in [9.17, 15) is 0 Å². The fourth-order valence-corrected chi connectivity index (χ4v) is 5.35. The van der Waals surface area contributed by atoms with Crippen molar-refractivity contribution in [2.24, 2.45) is 9.98 Å². The Bertz CT molecular complexity index is 1560. The van der Waals surface area contributed by atoms with E-state index in [-0.39, 0.29) is 0 Å². The Kier molecular flexibility index (Phi) is 7.84. The molecule has 3 heteroatoms. The third-order valence-corrected chi connectivity index (χ3v) is 7.05. The first-order valence-corrected chi connectivity index (χ1v) is 13.7. The van der Waals surface area contributed by atoms with Crippen molar-refractivity contribution in [3.8, 4) is 0 Å². The average Bonchev–Trinajstić information content (AvgIpc) is 2.93. The highest BCUT2D eigenvalue weighted by molar-refractivity contribution is 6.16. The molecule has 0 radical (unpaired) electrons. The lowest BCUT2D eigenvalue weighted by Crippen LogP contribution is -2.12. The lowest BCUT2D eigenvalue weighted by molar-refractivity contribution is 1.23. The highest BCUT2D eigenvalue weighted by atomic mass is 14.8. The van der Waals surface area contributed by atoms with Gasteiger partial charge in [-0.1, -0.05) is 102 Å². The summed E-state index contributed by atoms with van der Waals surface area (Å²) < 4.78 is 0. The molecule has 0 spiro atoms. The van der Waals surface area contributed by atoms with Gasteiger partial charge in [-0.3, -0.25) is 0 Å². The van der Waals surface area contributed by atoms with Crippen LogP contribution in [0.1, 0.15) is 55.9 Å². The van der Waals surface area contributed by atoms with Crippen LogP contribution in [0.5, 0.6) is 0 Å². The smallest absolute Gasteiger partial charge is 0.0966 e. The molecule has 0 saturated carbocycles. The van der Waals surface area contributed by atoms with Crippen LogP contribution in [0, 0.1) is 41.5 Å². The molecular weight excluding hydrogens is 486 g/mol. The summed E-state index contributed by atoms with van der Waals surface area (Å²) in [6.45, 7) is 12.7. The quantitative estimate of drug-likeness (QED) is 0.205. The molecule has 0 aliphatic carbocycles. The Balaban J connectivity index is 1.72. The van der Waals surface area contributed by atoms with Crippen molar-refractivity contribution >= 4 is 22.8 Å². The molecule has 1 aromatic heterocycles. The van der Waals surface area contributed by atoms with Crippen LogP contribution in [-0.2, 0) is 0 Å². The molecule has 4 aromatic carbocycles. The van der Waals surface area contributed by atoms with Crippen molar-refractivity contribution in [2.75, 3.05) is 0 Å². The van der Waals surface area contributed by atoms with Gasteiger partial charge in [0.25, 0.3) is 0 Å². The predicted molar refractivity (Wildman–Crippen MR) is 169 cm³/mol. The summed E-state index contributed by atoms with van der Waals surface area (Å²) in [7, 11) is 0. The van der Waals surface area contributed by atoms with Crippen molar-refractivity contribution in [3.63, 3.8) is 0 Å².